The maximum absolute atomic E-state index is 9.22. The molecule has 2 rings (SSSR count). The Kier molecular flexibility index (Phi) is 6.30. The highest BCUT2D eigenvalue weighted by atomic mass is 35.5. The van der Waals surface area contributed by atoms with Gasteiger partial charge in [-0.2, -0.15) is 0 Å². The minimum Gasteiger partial charge on any atom is -0.394 e. The summed E-state index contributed by atoms with van der Waals surface area (Å²) in [5, 5.41) is 13.4. The molecule has 118 valence electrons. The number of hydrogen-bond donors (Lipinski definition) is 2. The SMILES string of the molecule is CC(C)CNCc1ccc(N2CCOC(CO)C2)c(Cl)c1. The van der Waals surface area contributed by atoms with Gasteiger partial charge in [0.15, 0.2) is 0 Å². The molecular weight excluding hydrogens is 288 g/mol. The van der Waals surface area contributed by atoms with Crippen LogP contribution >= 0.6 is 11.6 Å². The first-order chi connectivity index (χ1) is 10.1. The highest BCUT2D eigenvalue weighted by molar-refractivity contribution is 6.33. The summed E-state index contributed by atoms with van der Waals surface area (Å²) in [7, 11) is 0. The number of hydrogen-bond acceptors (Lipinski definition) is 4. The number of benzene rings is 1. The molecule has 0 aliphatic carbocycles. The van der Waals surface area contributed by atoms with Gasteiger partial charge in [0.25, 0.3) is 0 Å². The lowest BCUT2D eigenvalue weighted by Crippen LogP contribution is -2.44. The molecule has 0 saturated carbocycles. The predicted octanol–water partition coefficient (Wildman–Crippen LogP) is 2.28. The third-order valence-electron chi connectivity index (χ3n) is 3.58. The molecule has 1 fully saturated rings. The summed E-state index contributed by atoms with van der Waals surface area (Å²) < 4.78 is 5.47. The predicted molar refractivity (Wildman–Crippen MR) is 87.0 cm³/mol. The zero-order chi connectivity index (χ0) is 15.2. The first-order valence-corrected chi connectivity index (χ1v) is 7.94. The molecule has 5 heteroatoms. The van der Waals surface area contributed by atoms with Crippen molar-refractivity contribution >= 4 is 17.3 Å². The van der Waals surface area contributed by atoms with E-state index in [1.807, 2.05) is 6.07 Å². The van der Waals surface area contributed by atoms with E-state index in [1.165, 1.54) is 5.56 Å². The second-order valence-corrected chi connectivity index (χ2v) is 6.34. The number of aliphatic hydroxyl groups is 1. The van der Waals surface area contributed by atoms with Crippen molar-refractivity contribution in [3.05, 3.63) is 28.8 Å². The molecule has 0 amide bonds. The van der Waals surface area contributed by atoms with Crippen LogP contribution in [-0.4, -0.2) is 44.1 Å². The third kappa shape index (κ3) is 4.85. The van der Waals surface area contributed by atoms with E-state index in [-0.39, 0.29) is 12.7 Å². The summed E-state index contributed by atoms with van der Waals surface area (Å²) in [5.74, 6) is 0.642. The average molecular weight is 313 g/mol. The molecule has 0 radical (unpaired) electrons. The van der Waals surface area contributed by atoms with Crippen molar-refractivity contribution in [2.24, 2.45) is 5.92 Å². The second kappa shape index (κ2) is 7.99. The maximum Gasteiger partial charge on any atom is 0.0980 e. The lowest BCUT2D eigenvalue weighted by Gasteiger charge is -2.34. The summed E-state index contributed by atoms with van der Waals surface area (Å²) in [4.78, 5) is 2.18. The molecule has 0 aromatic heterocycles. The third-order valence-corrected chi connectivity index (χ3v) is 3.88. The molecule has 1 aromatic rings. The van der Waals surface area contributed by atoms with Crippen molar-refractivity contribution in [2.45, 2.75) is 26.5 Å². The zero-order valence-corrected chi connectivity index (χ0v) is 13.6. The Morgan fingerprint density at radius 2 is 2.29 bits per heavy atom. The number of morpholine rings is 1. The lowest BCUT2D eigenvalue weighted by atomic mass is 10.1. The van der Waals surface area contributed by atoms with Crippen LogP contribution in [0.15, 0.2) is 18.2 Å². The monoisotopic (exact) mass is 312 g/mol. The Morgan fingerprint density at radius 1 is 1.48 bits per heavy atom. The van der Waals surface area contributed by atoms with Crippen LogP contribution in [-0.2, 0) is 11.3 Å². The van der Waals surface area contributed by atoms with Crippen LogP contribution in [0.2, 0.25) is 5.02 Å². The van der Waals surface area contributed by atoms with Crippen LogP contribution in [0.1, 0.15) is 19.4 Å². The number of halogens is 1. The van der Waals surface area contributed by atoms with Crippen molar-refractivity contribution < 1.29 is 9.84 Å². The Labute approximate surface area is 132 Å². The van der Waals surface area contributed by atoms with Crippen molar-refractivity contribution in [3.8, 4) is 0 Å². The summed E-state index contributed by atoms with van der Waals surface area (Å²) in [5.41, 5.74) is 2.21. The summed E-state index contributed by atoms with van der Waals surface area (Å²) in [6, 6.07) is 6.19. The molecule has 1 saturated heterocycles. The first-order valence-electron chi connectivity index (χ1n) is 7.56. The second-order valence-electron chi connectivity index (χ2n) is 5.93. The summed E-state index contributed by atoms with van der Waals surface area (Å²) in [6.07, 6.45) is -0.123. The topological polar surface area (TPSA) is 44.7 Å². The number of nitrogens with zero attached hydrogens (tertiary/aromatic N) is 1. The quantitative estimate of drug-likeness (QED) is 0.846. The van der Waals surface area contributed by atoms with Gasteiger partial charge in [-0.05, 0) is 30.2 Å². The molecule has 0 bridgehead atoms. The fourth-order valence-corrected chi connectivity index (χ4v) is 2.79. The van der Waals surface area contributed by atoms with E-state index in [0.717, 1.165) is 30.3 Å². The molecule has 4 nitrogen and oxygen atoms in total. The van der Waals surface area contributed by atoms with Gasteiger partial charge >= 0.3 is 0 Å². The van der Waals surface area contributed by atoms with Crippen molar-refractivity contribution in [3.63, 3.8) is 0 Å². The van der Waals surface area contributed by atoms with Crippen molar-refractivity contribution in [1.82, 2.24) is 5.32 Å². The number of aliphatic hydroxyl groups excluding tert-OH is 1. The van der Waals surface area contributed by atoms with Crippen LogP contribution in [0.25, 0.3) is 0 Å². The highest BCUT2D eigenvalue weighted by Gasteiger charge is 2.21. The first kappa shape index (κ1) is 16.6. The summed E-state index contributed by atoms with van der Waals surface area (Å²) in [6.45, 7) is 8.38. The Bertz CT molecular complexity index is 454. The van der Waals surface area contributed by atoms with E-state index in [1.54, 1.807) is 0 Å². The Balaban J connectivity index is 1.98. The average Bonchev–Trinajstić information content (AvgIpc) is 2.47. The van der Waals surface area contributed by atoms with Crippen LogP contribution in [0, 0.1) is 5.92 Å². The normalized spacial score (nSPS) is 19.3. The van der Waals surface area contributed by atoms with Crippen LogP contribution in [0.4, 0.5) is 5.69 Å². The van der Waals surface area contributed by atoms with Gasteiger partial charge in [0.2, 0.25) is 0 Å². The number of ether oxygens (including phenoxy) is 1. The van der Waals surface area contributed by atoms with Gasteiger partial charge in [0, 0.05) is 19.6 Å². The van der Waals surface area contributed by atoms with E-state index in [0.29, 0.717) is 19.1 Å². The molecule has 1 unspecified atom stereocenters. The molecular formula is C16H25ClN2O2. The minimum absolute atomic E-state index is 0.0469. The number of anilines is 1. The molecule has 1 atom stereocenters. The van der Waals surface area contributed by atoms with Gasteiger partial charge in [0.05, 0.1) is 30.0 Å². The largest absolute Gasteiger partial charge is 0.394 e. The van der Waals surface area contributed by atoms with Crippen LogP contribution in [0.5, 0.6) is 0 Å². The molecule has 21 heavy (non-hydrogen) atoms. The van der Waals surface area contributed by atoms with Crippen molar-refractivity contribution in [2.75, 3.05) is 37.7 Å². The van der Waals surface area contributed by atoms with Gasteiger partial charge in [0.1, 0.15) is 0 Å². The number of nitrogens with one attached hydrogen (secondary N) is 1. The van der Waals surface area contributed by atoms with Gasteiger partial charge < -0.3 is 20.1 Å². The highest BCUT2D eigenvalue weighted by Crippen LogP contribution is 2.28. The smallest absolute Gasteiger partial charge is 0.0980 e. The van der Waals surface area contributed by atoms with Gasteiger partial charge in [-0.3, -0.25) is 0 Å². The minimum atomic E-state index is -0.123. The van der Waals surface area contributed by atoms with E-state index in [9.17, 15) is 5.11 Å². The molecule has 1 aliphatic rings. The van der Waals surface area contributed by atoms with E-state index in [4.69, 9.17) is 16.3 Å². The molecule has 1 heterocycles. The molecule has 0 spiro atoms. The van der Waals surface area contributed by atoms with E-state index >= 15 is 0 Å². The maximum atomic E-state index is 9.22. The van der Waals surface area contributed by atoms with E-state index < -0.39 is 0 Å². The van der Waals surface area contributed by atoms with E-state index in [2.05, 4.69) is 36.2 Å². The van der Waals surface area contributed by atoms with Gasteiger partial charge in [-0.1, -0.05) is 31.5 Å². The fraction of sp³-hybridized carbons (Fsp3) is 0.625. The molecule has 1 aromatic carbocycles. The summed E-state index contributed by atoms with van der Waals surface area (Å²) >= 11 is 6.42. The Morgan fingerprint density at radius 3 is 2.95 bits per heavy atom. The van der Waals surface area contributed by atoms with Crippen LogP contribution < -0.4 is 10.2 Å². The standard InChI is InChI=1S/C16H25ClN2O2/c1-12(2)8-18-9-13-3-4-16(15(17)7-13)19-5-6-21-14(10-19)11-20/h3-4,7,12,14,18,20H,5-6,8-11H2,1-2H3. The fourth-order valence-electron chi connectivity index (χ4n) is 2.47. The lowest BCUT2D eigenvalue weighted by molar-refractivity contribution is 0.00357. The van der Waals surface area contributed by atoms with Crippen molar-refractivity contribution in [1.29, 1.82) is 0 Å². The molecule has 2 N–H and O–H groups in total. The van der Waals surface area contributed by atoms with Gasteiger partial charge in [-0.15, -0.1) is 0 Å². The molecule has 1 aliphatic heterocycles. The number of rotatable bonds is 6. The van der Waals surface area contributed by atoms with Gasteiger partial charge in [-0.25, -0.2) is 0 Å². The Hall–Kier alpha value is -0.810. The zero-order valence-electron chi connectivity index (χ0n) is 12.8. The van der Waals surface area contributed by atoms with Crippen LogP contribution in [0.3, 0.4) is 0 Å².